The number of fused-ring (bicyclic) bond motifs is 1. The number of primary amides is 1. The first-order valence-corrected chi connectivity index (χ1v) is 5.28. The molecule has 6 heteroatoms. The number of rotatable bonds is 3. The van der Waals surface area contributed by atoms with Crippen LogP contribution in [0.25, 0.3) is 11.0 Å². The quantitative estimate of drug-likeness (QED) is 0.717. The zero-order chi connectivity index (χ0) is 12.4. The van der Waals surface area contributed by atoms with Crippen molar-refractivity contribution in [2.45, 2.75) is 6.42 Å². The number of urea groups is 1. The molecule has 2 amide bonds. The summed E-state index contributed by atoms with van der Waals surface area (Å²) < 4.78 is 0. The van der Waals surface area contributed by atoms with Crippen LogP contribution < -0.4 is 11.4 Å². The minimum Gasteiger partial charge on any atom is -0.351 e. The molecule has 6 nitrogen and oxygen atoms in total. The standard InChI is InChI=1S/C11H14N4O2/c1-15(10(12)16)5-4-7-2-3-8-9(6-7)14-11(17)13-8/h2-3,6H,4-5H2,1H3,(H2,12,16)(H2,13,14,17). The summed E-state index contributed by atoms with van der Waals surface area (Å²) in [6.07, 6.45) is 0.697. The molecule has 0 atom stereocenters. The van der Waals surface area contributed by atoms with E-state index in [1.54, 1.807) is 7.05 Å². The Morgan fingerprint density at radius 2 is 2.06 bits per heavy atom. The second-order valence-corrected chi connectivity index (χ2v) is 3.97. The normalized spacial score (nSPS) is 10.6. The van der Waals surface area contributed by atoms with Gasteiger partial charge in [0.15, 0.2) is 0 Å². The fourth-order valence-corrected chi connectivity index (χ4v) is 1.64. The van der Waals surface area contributed by atoms with Crippen LogP contribution in [-0.2, 0) is 6.42 Å². The summed E-state index contributed by atoms with van der Waals surface area (Å²) in [4.78, 5) is 28.7. The van der Waals surface area contributed by atoms with Crippen LogP contribution in [0.4, 0.5) is 4.79 Å². The molecule has 0 aliphatic heterocycles. The number of H-pyrrole nitrogens is 2. The smallest absolute Gasteiger partial charge is 0.323 e. The van der Waals surface area contributed by atoms with Gasteiger partial charge in [0.2, 0.25) is 0 Å². The van der Waals surface area contributed by atoms with Gasteiger partial charge in [-0.2, -0.15) is 0 Å². The molecule has 2 aromatic rings. The van der Waals surface area contributed by atoms with Crippen LogP contribution in [0.3, 0.4) is 0 Å². The number of imidazole rings is 1. The number of aromatic nitrogens is 2. The molecule has 0 unspecified atom stereocenters. The summed E-state index contributed by atoms with van der Waals surface area (Å²) in [6.45, 7) is 0.551. The van der Waals surface area contributed by atoms with E-state index in [4.69, 9.17) is 5.73 Å². The Kier molecular flexibility index (Phi) is 2.86. The Morgan fingerprint density at radius 3 is 2.76 bits per heavy atom. The van der Waals surface area contributed by atoms with Crippen molar-refractivity contribution in [3.05, 3.63) is 34.2 Å². The number of benzene rings is 1. The van der Waals surface area contributed by atoms with Crippen LogP contribution in [-0.4, -0.2) is 34.5 Å². The number of carbonyl (C=O) groups excluding carboxylic acids is 1. The average molecular weight is 234 g/mol. The predicted octanol–water partition coefficient (Wildman–Crippen LogP) is 0.409. The summed E-state index contributed by atoms with van der Waals surface area (Å²) in [5, 5.41) is 0. The van der Waals surface area contributed by atoms with Crippen molar-refractivity contribution in [2.75, 3.05) is 13.6 Å². The monoisotopic (exact) mass is 234 g/mol. The fourth-order valence-electron chi connectivity index (χ4n) is 1.64. The van der Waals surface area contributed by atoms with E-state index >= 15 is 0 Å². The number of likely N-dealkylation sites (N-methyl/N-ethyl adjacent to an activating group) is 1. The molecule has 0 radical (unpaired) electrons. The van der Waals surface area contributed by atoms with Crippen LogP contribution >= 0.6 is 0 Å². The lowest BCUT2D eigenvalue weighted by Gasteiger charge is -2.13. The van der Waals surface area contributed by atoms with Crippen molar-refractivity contribution < 1.29 is 4.79 Å². The van der Waals surface area contributed by atoms with Gasteiger partial charge in [-0.05, 0) is 24.1 Å². The Morgan fingerprint density at radius 1 is 1.35 bits per heavy atom. The molecule has 0 bridgehead atoms. The molecule has 4 N–H and O–H groups in total. The topological polar surface area (TPSA) is 95.0 Å². The minimum absolute atomic E-state index is 0.216. The van der Waals surface area contributed by atoms with Gasteiger partial charge in [0, 0.05) is 13.6 Å². The van der Waals surface area contributed by atoms with Gasteiger partial charge in [0.05, 0.1) is 11.0 Å². The maximum atomic E-state index is 11.1. The van der Waals surface area contributed by atoms with Gasteiger partial charge < -0.3 is 20.6 Å². The van der Waals surface area contributed by atoms with E-state index in [9.17, 15) is 9.59 Å². The van der Waals surface area contributed by atoms with Crippen LogP contribution in [0.5, 0.6) is 0 Å². The summed E-state index contributed by atoms with van der Waals surface area (Å²) in [6, 6.07) is 5.21. The fraction of sp³-hybridized carbons (Fsp3) is 0.273. The number of aromatic amines is 2. The summed E-state index contributed by atoms with van der Waals surface area (Å²) in [5.74, 6) is 0. The summed E-state index contributed by atoms with van der Waals surface area (Å²) >= 11 is 0. The van der Waals surface area contributed by atoms with E-state index < -0.39 is 6.03 Å². The first kappa shape index (κ1) is 11.3. The van der Waals surface area contributed by atoms with E-state index in [-0.39, 0.29) is 5.69 Å². The molecule has 1 heterocycles. The Balaban J connectivity index is 2.14. The second kappa shape index (κ2) is 4.32. The van der Waals surface area contributed by atoms with Gasteiger partial charge in [-0.1, -0.05) is 6.07 Å². The highest BCUT2D eigenvalue weighted by Crippen LogP contribution is 2.10. The number of nitrogens with one attached hydrogen (secondary N) is 2. The zero-order valence-electron chi connectivity index (χ0n) is 9.49. The van der Waals surface area contributed by atoms with Gasteiger partial charge >= 0.3 is 11.7 Å². The molecule has 90 valence electrons. The van der Waals surface area contributed by atoms with Crippen LogP contribution in [0, 0.1) is 0 Å². The molecule has 0 spiro atoms. The number of nitrogens with two attached hydrogens (primary N) is 1. The molecule has 17 heavy (non-hydrogen) atoms. The molecule has 0 fully saturated rings. The van der Waals surface area contributed by atoms with Gasteiger partial charge in [-0.3, -0.25) is 0 Å². The van der Waals surface area contributed by atoms with E-state index in [0.29, 0.717) is 13.0 Å². The highest BCUT2D eigenvalue weighted by atomic mass is 16.2. The van der Waals surface area contributed by atoms with E-state index in [1.807, 2.05) is 18.2 Å². The third kappa shape index (κ3) is 2.47. The number of nitrogens with zero attached hydrogens (tertiary/aromatic N) is 1. The zero-order valence-corrected chi connectivity index (χ0v) is 9.49. The first-order chi connectivity index (χ1) is 8.06. The second-order valence-electron chi connectivity index (χ2n) is 3.97. The third-order valence-corrected chi connectivity index (χ3v) is 2.69. The number of amides is 2. The maximum Gasteiger partial charge on any atom is 0.323 e. The third-order valence-electron chi connectivity index (χ3n) is 2.69. The maximum absolute atomic E-state index is 11.1. The van der Waals surface area contributed by atoms with Crippen molar-refractivity contribution in [3.63, 3.8) is 0 Å². The molecule has 1 aromatic carbocycles. The van der Waals surface area contributed by atoms with E-state index in [2.05, 4.69) is 9.97 Å². The summed E-state index contributed by atoms with van der Waals surface area (Å²) in [5.41, 5.74) is 7.51. The van der Waals surface area contributed by atoms with Crippen molar-refractivity contribution in [1.29, 1.82) is 0 Å². The predicted molar refractivity (Wildman–Crippen MR) is 64.8 cm³/mol. The minimum atomic E-state index is -0.443. The van der Waals surface area contributed by atoms with E-state index in [0.717, 1.165) is 16.6 Å². The Hall–Kier alpha value is -2.24. The highest BCUT2D eigenvalue weighted by Gasteiger charge is 2.04. The van der Waals surface area contributed by atoms with Crippen LogP contribution in [0.1, 0.15) is 5.56 Å². The van der Waals surface area contributed by atoms with Gasteiger partial charge in [0.25, 0.3) is 0 Å². The number of carbonyl (C=O) groups is 1. The SMILES string of the molecule is CN(CCc1ccc2[nH]c(=O)[nH]c2c1)C(N)=O. The molecule has 0 aliphatic rings. The van der Waals surface area contributed by atoms with Crippen LogP contribution in [0.15, 0.2) is 23.0 Å². The molecular weight excluding hydrogens is 220 g/mol. The lowest BCUT2D eigenvalue weighted by Crippen LogP contribution is -2.33. The molecule has 0 saturated heterocycles. The van der Waals surface area contributed by atoms with Crippen molar-refractivity contribution in [3.8, 4) is 0 Å². The average Bonchev–Trinajstić information content (AvgIpc) is 2.64. The summed E-state index contributed by atoms with van der Waals surface area (Å²) in [7, 11) is 1.65. The lowest BCUT2D eigenvalue weighted by atomic mass is 10.1. The molecule has 1 aromatic heterocycles. The Bertz CT molecular complexity index is 599. The van der Waals surface area contributed by atoms with Crippen LogP contribution in [0.2, 0.25) is 0 Å². The number of hydrogen-bond donors (Lipinski definition) is 3. The van der Waals surface area contributed by atoms with E-state index in [1.165, 1.54) is 4.90 Å². The lowest BCUT2D eigenvalue weighted by molar-refractivity contribution is 0.219. The van der Waals surface area contributed by atoms with Gasteiger partial charge in [0.1, 0.15) is 0 Å². The Labute approximate surface area is 97.4 Å². The molecular formula is C11H14N4O2. The first-order valence-electron chi connectivity index (χ1n) is 5.28. The molecule has 0 saturated carbocycles. The number of hydrogen-bond acceptors (Lipinski definition) is 2. The largest absolute Gasteiger partial charge is 0.351 e. The molecule has 0 aliphatic carbocycles. The molecule has 2 rings (SSSR count). The van der Waals surface area contributed by atoms with Gasteiger partial charge in [-0.25, -0.2) is 9.59 Å². The van der Waals surface area contributed by atoms with Crippen molar-refractivity contribution in [1.82, 2.24) is 14.9 Å². The van der Waals surface area contributed by atoms with Crippen molar-refractivity contribution >= 4 is 17.1 Å². The van der Waals surface area contributed by atoms with Gasteiger partial charge in [-0.15, -0.1) is 0 Å². The highest BCUT2D eigenvalue weighted by molar-refractivity contribution is 5.75. The van der Waals surface area contributed by atoms with Crippen molar-refractivity contribution in [2.24, 2.45) is 5.73 Å².